The van der Waals surface area contributed by atoms with Crippen molar-refractivity contribution in [2.45, 2.75) is 19.8 Å². The number of esters is 1. The van der Waals surface area contributed by atoms with Crippen LogP contribution >= 0.6 is 22.6 Å². The normalized spacial score (nSPS) is 10.6. The van der Waals surface area contributed by atoms with Gasteiger partial charge in [0.1, 0.15) is 5.75 Å². The number of carbonyl (C=O) groups is 1. The fourth-order valence-electron chi connectivity index (χ4n) is 1.45. The fourth-order valence-corrected chi connectivity index (χ4v) is 1.84. The lowest BCUT2D eigenvalue weighted by atomic mass is 10.2. The Kier molecular flexibility index (Phi) is 7.48. The van der Waals surface area contributed by atoms with E-state index >= 15 is 0 Å². The summed E-state index contributed by atoms with van der Waals surface area (Å²) in [6.07, 6.45) is 3.06. The summed E-state index contributed by atoms with van der Waals surface area (Å²) in [5.41, 5.74) is 1.04. The fraction of sp³-hybridized carbons (Fsp3) is 0.357. The van der Waals surface area contributed by atoms with Crippen LogP contribution in [0.5, 0.6) is 5.75 Å². The molecular weight excluding hydrogens is 343 g/mol. The Labute approximate surface area is 121 Å². The largest absolute Gasteiger partial charge is 0.493 e. The van der Waals surface area contributed by atoms with Crippen molar-refractivity contribution < 1.29 is 14.3 Å². The van der Waals surface area contributed by atoms with Gasteiger partial charge in [0.05, 0.1) is 13.2 Å². The van der Waals surface area contributed by atoms with Crippen molar-refractivity contribution in [2.24, 2.45) is 0 Å². The molecule has 4 heteroatoms. The lowest BCUT2D eigenvalue weighted by Gasteiger charge is -2.08. The highest BCUT2D eigenvalue weighted by Crippen LogP contribution is 2.20. The summed E-state index contributed by atoms with van der Waals surface area (Å²) in [7, 11) is 0. The molecule has 0 unspecified atom stereocenters. The third-order valence-electron chi connectivity index (χ3n) is 2.25. The van der Waals surface area contributed by atoms with Gasteiger partial charge in [-0.3, -0.25) is 4.79 Å². The number of para-hydroxylation sites is 1. The van der Waals surface area contributed by atoms with Gasteiger partial charge < -0.3 is 9.47 Å². The molecule has 0 bridgehead atoms. The second-order valence-corrected chi connectivity index (χ2v) is 4.31. The van der Waals surface area contributed by atoms with Crippen LogP contribution in [0.3, 0.4) is 0 Å². The molecule has 0 spiro atoms. The maximum Gasteiger partial charge on any atom is 0.305 e. The molecule has 0 atom stereocenters. The van der Waals surface area contributed by atoms with Crippen molar-refractivity contribution in [3.8, 4) is 5.75 Å². The van der Waals surface area contributed by atoms with E-state index in [-0.39, 0.29) is 5.97 Å². The highest BCUT2D eigenvalue weighted by Gasteiger charge is 2.03. The van der Waals surface area contributed by atoms with E-state index in [0.717, 1.165) is 11.3 Å². The van der Waals surface area contributed by atoms with Gasteiger partial charge in [-0.25, -0.2) is 0 Å². The zero-order valence-electron chi connectivity index (χ0n) is 10.4. The third-order valence-corrected chi connectivity index (χ3v) is 2.61. The summed E-state index contributed by atoms with van der Waals surface area (Å²) in [4.78, 5) is 11.1. The Morgan fingerprint density at radius 1 is 1.39 bits per heavy atom. The molecule has 0 aromatic heterocycles. The van der Waals surface area contributed by atoms with Crippen molar-refractivity contribution in [2.75, 3.05) is 13.2 Å². The van der Waals surface area contributed by atoms with Crippen molar-refractivity contribution >= 4 is 34.6 Å². The van der Waals surface area contributed by atoms with Crippen LogP contribution in [0.4, 0.5) is 0 Å². The summed E-state index contributed by atoms with van der Waals surface area (Å²) in [5, 5.41) is 0. The Balaban J connectivity index is 2.37. The maximum absolute atomic E-state index is 11.1. The molecule has 1 aromatic carbocycles. The first-order valence-electron chi connectivity index (χ1n) is 5.92. The van der Waals surface area contributed by atoms with Crippen molar-refractivity contribution in [1.82, 2.24) is 0 Å². The summed E-state index contributed by atoms with van der Waals surface area (Å²) in [6.45, 7) is 2.76. The zero-order chi connectivity index (χ0) is 13.2. The number of carbonyl (C=O) groups excluding carboxylic acids is 1. The highest BCUT2D eigenvalue weighted by atomic mass is 127. The Bertz CT molecular complexity index is 402. The van der Waals surface area contributed by atoms with Crippen LogP contribution in [0.15, 0.2) is 28.3 Å². The van der Waals surface area contributed by atoms with Crippen LogP contribution in [0.25, 0.3) is 6.08 Å². The first-order valence-corrected chi connectivity index (χ1v) is 7.16. The van der Waals surface area contributed by atoms with Crippen LogP contribution in [-0.4, -0.2) is 19.2 Å². The minimum atomic E-state index is -0.165. The van der Waals surface area contributed by atoms with Crippen LogP contribution < -0.4 is 4.74 Å². The molecule has 0 saturated heterocycles. The first kappa shape index (κ1) is 15.0. The van der Waals surface area contributed by atoms with Crippen LogP contribution in [-0.2, 0) is 9.53 Å². The molecule has 1 aromatic rings. The van der Waals surface area contributed by atoms with Crippen LogP contribution in [0.1, 0.15) is 25.3 Å². The Hall–Kier alpha value is -1.04. The number of rotatable bonds is 7. The SMILES string of the molecule is CCOC(=O)CCCOc1ccccc1/C=C\I. The molecule has 98 valence electrons. The Morgan fingerprint density at radius 3 is 2.89 bits per heavy atom. The molecule has 0 aliphatic heterocycles. The summed E-state index contributed by atoms with van der Waals surface area (Å²) < 4.78 is 12.4. The average Bonchev–Trinajstić information content (AvgIpc) is 2.37. The van der Waals surface area contributed by atoms with E-state index in [0.29, 0.717) is 26.1 Å². The molecule has 0 radical (unpaired) electrons. The van der Waals surface area contributed by atoms with Gasteiger partial charge in [-0.2, -0.15) is 0 Å². The highest BCUT2D eigenvalue weighted by molar-refractivity contribution is 14.1. The van der Waals surface area contributed by atoms with E-state index in [9.17, 15) is 4.79 Å². The standard InChI is InChI=1S/C14H17IO3/c1-2-17-14(16)8-5-11-18-13-7-4-3-6-12(13)9-10-15/h3-4,6-7,9-10H,2,5,8,11H2,1H3/b10-9-. The molecule has 0 aliphatic rings. The van der Waals surface area contributed by atoms with Gasteiger partial charge in [-0.15, -0.1) is 0 Å². The van der Waals surface area contributed by atoms with E-state index in [1.54, 1.807) is 6.92 Å². The smallest absolute Gasteiger partial charge is 0.305 e. The number of hydrogen-bond donors (Lipinski definition) is 0. The predicted octanol–water partition coefficient (Wildman–Crippen LogP) is 3.81. The number of ether oxygens (including phenoxy) is 2. The number of halogens is 1. The van der Waals surface area contributed by atoms with Gasteiger partial charge in [-0.1, -0.05) is 40.8 Å². The quantitative estimate of drug-likeness (QED) is 0.421. The van der Waals surface area contributed by atoms with Crippen molar-refractivity contribution in [1.29, 1.82) is 0 Å². The topological polar surface area (TPSA) is 35.5 Å². The molecule has 0 heterocycles. The lowest BCUT2D eigenvalue weighted by Crippen LogP contribution is -2.07. The first-order chi connectivity index (χ1) is 8.77. The van der Waals surface area contributed by atoms with E-state index < -0.39 is 0 Å². The molecule has 0 aliphatic carbocycles. The molecule has 3 nitrogen and oxygen atoms in total. The predicted molar refractivity (Wildman–Crippen MR) is 80.9 cm³/mol. The average molecular weight is 360 g/mol. The van der Waals surface area contributed by atoms with E-state index in [2.05, 4.69) is 22.6 Å². The molecule has 0 amide bonds. The van der Waals surface area contributed by atoms with E-state index in [1.165, 1.54) is 0 Å². The van der Waals surface area contributed by atoms with Gasteiger partial charge in [-0.05, 0) is 29.6 Å². The molecule has 0 N–H and O–H groups in total. The molecular formula is C14H17IO3. The van der Waals surface area contributed by atoms with E-state index in [1.807, 2.05) is 34.4 Å². The molecule has 1 rings (SSSR count). The number of benzene rings is 1. The molecule has 0 fully saturated rings. The number of hydrogen-bond acceptors (Lipinski definition) is 3. The van der Waals surface area contributed by atoms with E-state index in [4.69, 9.17) is 9.47 Å². The molecule has 0 saturated carbocycles. The van der Waals surface area contributed by atoms with Gasteiger partial charge in [0.2, 0.25) is 0 Å². The summed E-state index contributed by atoms with van der Waals surface area (Å²) >= 11 is 2.17. The maximum atomic E-state index is 11.1. The van der Waals surface area contributed by atoms with Crippen LogP contribution in [0, 0.1) is 0 Å². The lowest BCUT2D eigenvalue weighted by molar-refractivity contribution is -0.143. The van der Waals surface area contributed by atoms with Crippen molar-refractivity contribution in [3.63, 3.8) is 0 Å². The minimum Gasteiger partial charge on any atom is -0.493 e. The van der Waals surface area contributed by atoms with Crippen molar-refractivity contribution in [3.05, 3.63) is 33.9 Å². The third kappa shape index (κ3) is 5.53. The van der Waals surface area contributed by atoms with Gasteiger partial charge >= 0.3 is 5.97 Å². The molecule has 18 heavy (non-hydrogen) atoms. The summed E-state index contributed by atoms with van der Waals surface area (Å²) in [6, 6.07) is 7.83. The summed E-state index contributed by atoms with van der Waals surface area (Å²) in [5.74, 6) is 0.677. The van der Waals surface area contributed by atoms with Gasteiger partial charge in [0.15, 0.2) is 0 Å². The monoisotopic (exact) mass is 360 g/mol. The second kappa shape index (κ2) is 8.97. The van der Waals surface area contributed by atoms with Crippen LogP contribution in [0.2, 0.25) is 0 Å². The van der Waals surface area contributed by atoms with Gasteiger partial charge in [0.25, 0.3) is 0 Å². The minimum absolute atomic E-state index is 0.165. The second-order valence-electron chi connectivity index (χ2n) is 3.59. The Morgan fingerprint density at radius 2 is 2.17 bits per heavy atom. The van der Waals surface area contributed by atoms with Gasteiger partial charge in [0, 0.05) is 12.0 Å². The zero-order valence-corrected chi connectivity index (χ0v) is 12.6.